The molecule has 0 unspecified atom stereocenters. The van der Waals surface area contributed by atoms with Crippen molar-refractivity contribution in [1.29, 1.82) is 0 Å². The van der Waals surface area contributed by atoms with Gasteiger partial charge in [-0.1, -0.05) is 24.3 Å². The van der Waals surface area contributed by atoms with E-state index in [-0.39, 0.29) is 18.9 Å². The Labute approximate surface area is 158 Å². The number of hydrogen-bond acceptors (Lipinski definition) is 4. The fraction of sp³-hybridized carbons (Fsp3) is 0.273. The lowest BCUT2D eigenvalue weighted by atomic mass is 10.0. The average molecular weight is 365 g/mol. The first-order chi connectivity index (χ1) is 12.9. The summed E-state index contributed by atoms with van der Waals surface area (Å²) < 4.78 is 10.6. The number of amides is 1. The monoisotopic (exact) mass is 365 g/mol. The first-order valence-electron chi connectivity index (χ1n) is 8.88. The van der Waals surface area contributed by atoms with Crippen molar-refractivity contribution in [2.45, 2.75) is 33.7 Å². The number of carbonyl (C=O) groups excluding carboxylic acids is 2. The molecule has 3 rings (SSSR count). The van der Waals surface area contributed by atoms with Gasteiger partial charge >= 0.3 is 5.97 Å². The molecular formula is C22H23NO4. The van der Waals surface area contributed by atoms with E-state index in [0.717, 1.165) is 38.8 Å². The highest BCUT2D eigenvalue weighted by Gasteiger charge is 2.14. The number of furan rings is 1. The van der Waals surface area contributed by atoms with Gasteiger partial charge in [0.05, 0.1) is 12.7 Å². The zero-order valence-corrected chi connectivity index (χ0v) is 15.8. The maximum absolute atomic E-state index is 12.1. The summed E-state index contributed by atoms with van der Waals surface area (Å²) in [7, 11) is 0. The van der Waals surface area contributed by atoms with Gasteiger partial charge in [0.1, 0.15) is 5.58 Å². The van der Waals surface area contributed by atoms with Crippen molar-refractivity contribution in [3.05, 3.63) is 70.5 Å². The molecule has 140 valence electrons. The SMILES string of the molecule is Cc1cc2occ(CC(=O)OCC(=O)NCc3ccccc3C)c2cc1C. The van der Waals surface area contributed by atoms with Gasteiger partial charge in [0.15, 0.2) is 6.61 Å². The Morgan fingerprint density at radius 3 is 2.52 bits per heavy atom. The minimum absolute atomic E-state index is 0.0700. The minimum Gasteiger partial charge on any atom is -0.464 e. The van der Waals surface area contributed by atoms with Crippen molar-refractivity contribution >= 4 is 22.8 Å². The van der Waals surface area contributed by atoms with Crippen LogP contribution in [0.25, 0.3) is 11.0 Å². The molecular weight excluding hydrogens is 342 g/mol. The summed E-state index contributed by atoms with van der Waals surface area (Å²) in [6, 6.07) is 11.8. The molecule has 27 heavy (non-hydrogen) atoms. The lowest BCUT2D eigenvalue weighted by Crippen LogP contribution is -2.28. The smallest absolute Gasteiger partial charge is 0.310 e. The van der Waals surface area contributed by atoms with E-state index in [0.29, 0.717) is 6.54 Å². The number of esters is 1. The summed E-state index contributed by atoms with van der Waals surface area (Å²) in [4.78, 5) is 24.0. The summed E-state index contributed by atoms with van der Waals surface area (Å²) in [6.07, 6.45) is 1.64. The van der Waals surface area contributed by atoms with Gasteiger partial charge in [0, 0.05) is 17.5 Å². The average Bonchev–Trinajstić information content (AvgIpc) is 3.01. The van der Waals surface area contributed by atoms with Gasteiger partial charge in [-0.05, 0) is 55.2 Å². The van der Waals surface area contributed by atoms with Gasteiger partial charge in [0.25, 0.3) is 5.91 Å². The normalized spacial score (nSPS) is 10.8. The van der Waals surface area contributed by atoms with Crippen LogP contribution in [0.5, 0.6) is 0 Å². The molecule has 2 aromatic carbocycles. The zero-order valence-electron chi connectivity index (χ0n) is 15.8. The molecule has 5 nitrogen and oxygen atoms in total. The van der Waals surface area contributed by atoms with Crippen molar-refractivity contribution in [2.75, 3.05) is 6.61 Å². The molecule has 0 atom stereocenters. The van der Waals surface area contributed by atoms with E-state index in [9.17, 15) is 9.59 Å². The highest BCUT2D eigenvalue weighted by atomic mass is 16.5. The Bertz CT molecular complexity index is 987. The van der Waals surface area contributed by atoms with Gasteiger partial charge in [-0.25, -0.2) is 0 Å². The quantitative estimate of drug-likeness (QED) is 0.676. The van der Waals surface area contributed by atoms with E-state index in [1.165, 1.54) is 0 Å². The second-order valence-corrected chi connectivity index (χ2v) is 6.73. The lowest BCUT2D eigenvalue weighted by Gasteiger charge is -2.08. The second-order valence-electron chi connectivity index (χ2n) is 6.73. The van der Waals surface area contributed by atoms with Crippen molar-refractivity contribution < 1.29 is 18.7 Å². The third kappa shape index (κ3) is 4.56. The van der Waals surface area contributed by atoms with E-state index in [4.69, 9.17) is 9.15 Å². The van der Waals surface area contributed by atoms with Gasteiger partial charge in [-0.2, -0.15) is 0 Å². The summed E-state index contributed by atoms with van der Waals surface area (Å²) in [6.45, 7) is 6.14. The van der Waals surface area contributed by atoms with Crippen LogP contribution in [0, 0.1) is 20.8 Å². The molecule has 1 aromatic heterocycles. The van der Waals surface area contributed by atoms with Gasteiger partial charge in [-0.15, -0.1) is 0 Å². The summed E-state index contributed by atoms with van der Waals surface area (Å²) >= 11 is 0. The lowest BCUT2D eigenvalue weighted by molar-refractivity contribution is -0.147. The Hall–Kier alpha value is -3.08. The molecule has 0 radical (unpaired) electrons. The van der Waals surface area contributed by atoms with E-state index in [2.05, 4.69) is 5.32 Å². The van der Waals surface area contributed by atoms with Crippen molar-refractivity contribution in [3.8, 4) is 0 Å². The molecule has 0 fully saturated rings. The van der Waals surface area contributed by atoms with Crippen LogP contribution in [0.4, 0.5) is 0 Å². The highest BCUT2D eigenvalue weighted by molar-refractivity contribution is 5.87. The van der Waals surface area contributed by atoms with Crippen LogP contribution in [-0.2, 0) is 27.3 Å². The molecule has 0 aliphatic rings. The molecule has 5 heteroatoms. The molecule has 0 saturated heterocycles. The topological polar surface area (TPSA) is 68.5 Å². The van der Waals surface area contributed by atoms with Crippen LogP contribution in [0.15, 0.2) is 47.1 Å². The maximum atomic E-state index is 12.1. The molecule has 0 bridgehead atoms. The van der Waals surface area contributed by atoms with Crippen molar-refractivity contribution in [2.24, 2.45) is 0 Å². The molecule has 1 heterocycles. The van der Waals surface area contributed by atoms with Crippen LogP contribution in [-0.4, -0.2) is 18.5 Å². The van der Waals surface area contributed by atoms with Gasteiger partial charge in [-0.3, -0.25) is 9.59 Å². The molecule has 0 aliphatic heterocycles. The number of hydrogen-bond donors (Lipinski definition) is 1. The predicted octanol–water partition coefficient (Wildman–Crippen LogP) is 3.76. The van der Waals surface area contributed by atoms with E-state index in [1.807, 2.05) is 57.2 Å². The van der Waals surface area contributed by atoms with Crippen LogP contribution >= 0.6 is 0 Å². The molecule has 0 saturated carbocycles. The van der Waals surface area contributed by atoms with Crippen molar-refractivity contribution in [1.82, 2.24) is 5.32 Å². The fourth-order valence-electron chi connectivity index (χ4n) is 2.88. The number of carbonyl (C=O) groups is 2. The summed E-state index contributed by atoms with van der Waals surface area (Å²) in [5, 5.41) is 3.66. The van der Waals surface area contributed by atoms with Crippen molar-refractivity contribution in [3.63, 3.8) is 0 Å². The van der Waals surface area contributed by atoms with E-state index in [1.54, 1.807) is 6.26 Å². The fourth-order valence-corrected chi connectivity index (χ4v) is 2.88. The number of aryl methyl sites for hydroxylation is 3. The van der Waals surface area contributed by atoms with Gasteiger partial charge in [0.2, 0.25) is 0 Å². The second kappa shape index (κ2) is 8.08. The zero-order chi connectivity index (χ0) is 19.4. The molecule has 0 spiro atoms. The van der Waals surface area contributed by atoms with Gasteiger partial charge < -0.3 is 14.5 Å². The maximum Gasteiger partial charge on any atom is 0.310 e. The first-order valence-corrected chi connectivity index (χ1v) is 8.88. The Balaban J connectivity index is 1.52. The molecule has 3 aromatic rings. The highest BCUT2D eigenvalue weighted by Crippen LogP contribution is 2.25. The standard InChI is InChI=1S/C22H23NO4/c1-14-6-4-5-7-17(14)11-23-21(24)13-27-22(25)10-18-12-26-20-9-16(3)15(2)8-19(18)20/h4-9,12H,10-11,13H2,1-3H3,(H,23,24). The Morgan fingerprint density at radius 2 is 1.74 bits per heavy atom. The molecule has 0 aliphatic carbocycles. The first kappa shape index (κ1) is 18.7. The number of benzene rings is 2. The molecule has 1 amide bonds. The predicted molar refractivity (Wildman–Crippen MR) is 103 cm³/mol. The Morgan fingerprint density at radius 1 is 1.00 bits per heavy atom. The number of ether oxygens (including phenoxy) is 1. The number of fused-ring (bicyclic) bond motifs is 1. The van der Waals surface area contributed by atoms with E-state index < -0.39 is 5.97 Å². The largest absolute Gasteiger partial charge is 0.464 e. The summed E-state index contributed by atoms with van der Waals surface area (Å²) in [5.41, 5.74) is 5.92. The van der Waals surface area contributed by atoms with Crippen LogP contribution < -0.4 is 5.32 Å². The third-order valence-electron chi connectivity index (χ3n) is 4.71. The van der Waals surface area contributed by atoms with Crippen LogP contribution in [0.2, 0.25) is 0 Å². The third-order valence-corrected chi connectivity index (χ3v) is 4.71. The van der Waals surface area contributed by atoms with E-state index >= 15 is 0 Å². The Kier molecular flexibility index (Phi) is 5.60. The van der Waals surface area contributed by atoms with Crippen LogP contribution in [0.3, 0.4) is 0 Å². The number of nitrogens with one attached hydrogen (secondary N) is 1. The van der Waals surface area contributed by atoms with Crippen LogP contribution in [0.1, 0.15) is 27.8 Å². The summed E-state index contributed by atoms with van der Waals surface area (Å²) in [5.74, 6) is -0.780. The number of rotatable bonds is 6. The molecule has 1 N–H and O–H groups in total. The minimum atomic E-state index is -0.457.